The van der Waals surface area contributed by atoms with Gasteiger partial charge in [0.2, 0.25) is 9.84 Å². The molecule has 0 radical (unpaired) electrons. The molecular weight excluding hydrogens is 398 g/mol. The number of thioether (sulfide) groups is 1. The third-order valence-electron chi connectivity index (χ3n) is 5.19. The molecule has 0 aliphatic carbocycles. The van der Waals surface area contributed by atoms with Gasteiger partial charge in [-0.3, -0.25) is 0 Å². The highest BCUT2D eigenvalue weighted by Crippen LogP contribution is 2.35. The van der Waals surface area contributed by atoms with E-state index >= 15 is 0 Å². The molecule has 2 aliphatic rings. The van der Waals surface area contributed by atoms with Crippen LogP contribution >= 0.6 is 11.8 Å². The third kappa shape index (κ3) is 3.41. The van der Waals surface area contributed by atoms with E-state index in [1.807, 2.05) is 54.2 Å². The van der Waals surface area contributed by atoms with Crippen molar-refractivity contribution in [3.63, 3.8) is 0 Å². The van der Waals surface area contributed by atoms with Gasteiger partial charge in [0.25, 0.3) is 0 Å². The predicted molar refractivity (Wildman–Crippen MR) is 119 cm³/mol. The zero-order chi connectivity index (χ0) is 19.8. The van der Waals surface area contributed by atoms with Gasteiger partial charge >= 0.3 is 0 Å². The summed E-state index contributed by atoms with van der Waals surface area (Å²) in [6, 6.07) is 20.2. The van der Waals surface area contributed by atoms with Crippen molar-refractivity contribution in [2.45, 2.75) is 16.3 Å². The van der Waals surface area contributed by atoms with E-state index in [4.69, 9.17) is 0 Å². The fraction of sp³-hybridized carbons (Fsp3) is 0.0833. The van der Waals surface area contributed by atoms with Gasteiger partial charge in [0.05, 0.1) is 9.79 Å². The lowest BCUT2D eigenvalue weighted by atomic mass is 10.1. The minimum atomic E-state index is -3.58. The average molecular weight is 418 g/mol. The van der Waals surface area contributed by atoms with E-state index in [-0.39, 0.29) is 0 Å². The standard InChI is InChI=1S/C24H19NO2S2/c26-29(27,24-7-3-5-19-4-1-2-6-22(19)24)21-10-8-18(9-11-21)16-25-14-12-20-13-15-28-23(20)17-25/h1-14,17H,15-16H2. The van der Waals surface area contributed by atoms with E-state index < -0.39 is 9.84 Å². The van der Waals surface area contributed by atoms with Gasteiger partial charge in [-0.1, -0.05) is 54.6 Å². The van der Waals surface area contributed by atoms with Crippen LogP contribution in [0.5, 0.6) is 0 Å². The lowest BCUT2D eigenvalue weighted by molar-refractivity contribution is 0.496. The maximum absolute atomic E-state index is 13.2. The number of hydrogen-bond acceptors (Lipinski definition) is 4. The first kappa shape index (κ1) is 18.3. The molecular formula is C24H19NO2S2. The molecule has 0 N–H and O–H groups in total. The molecule has 144 valence electrons. The Labute approximate surface area is 175 Å². The SMILES string of the molecule is O=S(=O)(c1ccc(CN2C=CC3=CCSC3=C2)cc1)c1cccc2ccccc12. The fourth-order valence-electron chi connectivity index (χ4n) is 3.68. The number of benzene rings is 3. The van der Waals surface area contributed by atoms with E-state index in [2.05, 4.69) is 29.5 Å². The Hall–Kier alpha value is -2.76. The smallest absolute Gasteiger partial charge is 0.207 e. The van der Waals surface area contributed by atoms with Crippen LogP contribution in [0.4, 0.5) is 0 Å². The molecule has 0 amide bonds. The summed E-state index contributed by atoms with van der Waals surface area (Å²) < 4.78 is 26.5. The molecule has 5 heteroatoms. The van der Waals surface area contributed by atoms with Crippen LogP contribution < -0.4 is 0 Å². The molecule has 0 aromatic heterocycles. The van der Waals surface area contributed by atoms with Crippen LogP contribution in [0, 0.1) is 0 Å². The lowest BCUT2D eigenvalue weighted by Gasteiger charge is -2.21. The van der Waals surface area contributed by atoms with Gasteiger partial charge < -0.3 is 4.90 Å². The molecule has 0 saturated heterocycles. The molecule has 3 aromatic carbocycles. The summed E-state index contributed by atoms with van der Waals surface area (Å²) in [6.45, 7) is 0.711. The van der Waals surface area contributed by atoms with Gasteiger partial charge in [0.1, 0.15) is 0 Å². The fourth-order valence-corrected chi connectivity index (χ4v) is 6.13. The molecule has 2 aliphatic heterocycles. The van der Waals surface area contributed by atoms with Crippen LogP contribution in [0.3, 0.4) is 0 Å². The summed E-state index contributed by atoms with van der Waals surface area (Å²) in [5, 5.41) is 1.68. The Morgan fingerprint density at radius 2 is 1.72 bits per heavy atom. The first-order valence-corrected chi connectivity index (χ1v) is 11.9. The van der Waals surface area contributed by atoms with E-state index in [0.717, 1.165) is 22.1 Å². The number of allylic oxidation sites excluding steroid dienone is 2. The number of nitrogens with zero attached hydrogens (tertiary/aromatic N) is 1. The summed E-state index contributed by atoms with van der Waals surface area (Å²) >= 11 is 1.84. The van der Waals surface area contributed by atoms with Gasteiger partial charge in [0.15, 0.2) is 0 Å². The van der Waals surface area contributed by atoms with Crippen molar-refractivity contribution in [3.8, 4) is 0 Å². The molecule has 0 atom stereocenters. The molecule has 3 nitrogen and oxygen atoms in total. The number of hydrogen-bond donors (Lipinski definition) is 0. The molecule has 0 saturated carbocycles. The molecule has 29 heavy (non-hydrogen) atoms. The van der Waals surface area contributed by atoms with E-state index in [1.165, 1.54) is 10.5 Å². The van der Waals surface area contributed by atoms with E-state index in [1.54, 1.807) is 24.3 Å². The summed E-state index contributed by atoms with van der Waals surface area (Å²) in [4.78, 5) is 4.10. The van der Waals surface area contributed by atoms with E-state index in [0.29, 0.717) is 16.3 Å². The van der Waals surface area contributed by atoms with Gasteiger partial charge in [-0.15, -0.1) is 11.8 Å². The molecule has 2 heterocycles. The summed E-state index contributed by atoms with van der Waals surface area (Å²) in [5.41, 5.74) is 2.36. The first-order chi connectivity index (χ1) is 14.1. The Balaban J connectivity index is 1.42. The van der Waals surface area contributed by atoms with Crippen LogP contribution in [-0.4, -0.2) is 19.1 Å². The molecule has 5 rings (SSSR count). The van der Waals surface area contributed by atoms with Gasteiger partial charge in [-0.2, -0.15) is 0 Å². The summed E-state index contributed by atoms with van der Waals surface area (Å²) in [5.74, 6) is 1.03. The monoisotopic (exact) mass is 417 g/mol. The van der Waals surface area contributed by atoms with E-state index in [9.17, 15) is 8.42 Å². The van der Waals surface area contributed by atoms with Crippen LogP contribution in [-0.2, 0) is 16.4 Å². The second kappa shape index (κ2) is 7.25. The zero-order valence-electron chi connectivity index (χ0n) is 15.7. The van der Waals surface area contributed by atoms with Crippen LogP contribution in [0.2, 0.25) is 0 Å². The second-order valence-corrected chi connectivity index (χ2v) is 10.1. The number of rotatable bonds is 4. The van der Waals surface area contributed by atoms with Crippen molar-refractivity contribution in [2.75, 3.05) is 5.75 Å². The quantitative estimate of drug-likeness (QED) is 0.560. The number of sulfone groups is 1. The molecule has 3 aromatic rings. The van der Waals surface area contributed by atoms with Crippen molar-refractivity contribution in [3.05, 3.63) is 107 Å². The van der Waals surface area contributed by atoms with Crippen molar-refractivity contribution in [1.82, 2.24) is 4.90 Å². The Bertz CT molecular complexity index is 1280. The normalized spacial score (nSPS) is 15.9. The first-order valence-electron chi connectivity index (χ1n) is 9.42. The maximum atomic E-state index is 13.2. The van der Waals surface area contributed by atoms with Crippen LogP contribution in [0.15, 0.2) is 112 Å². The van der Waals surface area contributed by atoms with Crippen molar-refractivity contribution >= 4 is 32.4 Å². The molecule has 0 unspecified atom stereocenters. The average Bonchev–Trinajstić information content (AvgIpc) is 3.21. The van der Waals surface area contributed by atoms with Crippen molar-refractivity contribution in [2.24, 2.45) is 0 Å². The van der Waals surface area contributed by atoms with Crippen LogP contribution in [0.25, 0.3) is 10.8 Å². The lowest BCUT2D eigenvalue weighted by Crippen LogP contribution is -2.12. The van der Waals surface area contributed by atoms with Gasteiger partial charge in [0, 0.05) is 35.0 Å². The van der Waals surface area contributed by atoms with Gasteiger partial charge in [-0.25, -0.2) is 8.42 Å². The molecule has 0 spiro atoms. The summed E-state index contributed by atoms with van der Waals surface area (Å²) in [7, 11) is -3.58. The zero-order valence-corrected chi connectivity index (χ0v) is 17.3. The largest absolute Gasteiger partial charge is 0.349 e. The highest BCUT2D eigenvalue weighted by atomic mass is 32.2. The minimum Gasteiger partial charge on any atom is -0.349 e. The van der Waals surface area contributed by atoms with Crippen molar-refractivity contribution < 1.29 is 8.42 Å². The van der Waals surface area contributed by atoms with Crippen LogP contribution in [0.1, 0.15) is 5.56 Å². The Morgan fingerprint density at radius 3 is 2.59 bits per heavy atom. The van der Waals surface area contributed by atoms with Gasteiger partial charge in [-0.05, 0) is 40.8 Å². The molecule has 0 fully saturated rings. The second-order valence-electron chi connectivity index (χ2n) is 7.08. The Kier molecular flexibility index (Phi) is 4.57. The highest BCUT2D eigenvalue weighted by molar-refractivity contribution is 8.03. The van der Waals surface area contributed by atoms with Crippen molar-refractivity contribution in [1.29, 1.82) is 0 Å². The third-order valence-corrected chi connectivity index (χ3v) is 8.01. The molecule has 0 bridgehead atoms. The summed E-state index contributed by atoms with van der Waals surface area (Å²) in [6.07, 6.45) is 8.60. The maximum Gasteiger partial charge on any atom is 0.207 e. The predicted octanol–water partition coefficient (Wildman–Crippen LogP) is 5.52. The number of fused-ring (bicyclic) bond motifs is 2. The Morgan fingerprint density at radius 1 is 0.931 bits per heavy atom. The minimum absolute atomic E-state index is 0.321. The highest BCUT2D eigenvalue weighted by Gasteiger charge is 2.20. The topological polar surface area (TPSA) is 37.4 Å².